The van der Waals surface area contributed by atoms with Gasteiger partial charge in [0.15, 0.2) is 0 Å². The van der Waals surface area contributed by atoms with Crippen molar-refractivity contribution < 1.29 is 9.84 Å². The van der Waals surface area contributed by atoms with Crippen LogP contribution in [0.3, 0.4) is 0 Å². The topological polar surface area (TPSA) is 55.5 Å². The van der Waals surface area contributed by atoms with Crippen molar-refractivity contribution in [3.8, 4) is 11.5 Å². The molecular weight excluding hydrogens is 322 g/mol. The smallest absolute Gasteiger partial charge is 0.124 e. The van der Waals surface area contributed by atoms with E-state index in [4.69, 9.17) is 10.5 Å². The van der Waals surface area contributed by atoms with E-state index in [1.165, 1.54) is 19.3 Å². The second-order valence-electron chi connectivity index (χ2n) is 6.42. The summed E-state index contributed by atoms with van der Waals surface area (Å²) in [6, 6.07) is 15.4. The van der Waals surface area contributed by atoms with Crippen molar-refractivity contribution in [2.75, 3.05) is 0 Å². The molecule has 2 aromatic carbocycles. The van der Waals surface area contributed by atoms with E-state index >= 15 is 0 Å². The molecule has 1 fully saturated rings. The minimum Gasteiger partial charge on any atom is -0.507 e. The fourth-order valence-corrected chi connectivity index (χ4v) is 3.38. The molecule has 0 unspecified atom stereocenters. The number of rotatable bonds is 5. The maximum Gasteiger partial charge on any atom is 0.124 e. The number of halogens is 1. The highest BCUT2D eigenvalue weighted by Gasteiger charge is 2.24. The Bertz CT molecular complexity index is 627. The molecule has 0 aliphatic heterocycles. The molecular formula is C20H26ClNO2. The van der Waals surface area contributed by atoms with Crippen LogP contribution in [0.5, 0.6) is 11.5 Å². The van der Waals surface area contributed by atoms with E-state index in [0.717, 1.165) is 24.0 Å². The standard InChI is InChI=1S/C20H25NO2.ClH/c21-20(16-9-5-2-6-10-16)18-12-11-17(13-19(18)22)23-14-15-7-3-1-4-8-15;/h1,3-4,7-8,11-13,16,20,22H,2,5-6,9-10,14,21H2;1H/t20-;/m1./s1. The van der Waals surface area contributed by atoms with Crippen LogP contribution in [-0.2, 0) is 6.61 Å². The third-order valence-corrected chi connectivity index (χ3v) is 4.77. The first-order valence-electron chi connectivity index (χ1n) is 8.49. The monoisotopic (exact) mass is 347 g/mol. The molecule has 1 aliphatic carbocycles. The van der Waals surface area contributed by atoms with Crippen LogP contribution in [0.1, 0.15) is 49.3 Å². The first-order valence-corrected chi connectivity index (χ1v) is 8.49. The van der Waals surface area contributed by atoms with E-state index in [2.05, 4.69) is 0 Å². The van der Waals surface area contributed by atoms with Gasteiger partial charge in [0.05, 0.1) is 0 Å². The first-order chi connectivity index (χ1) is 11.2. The van der Waals surface area contributed by atoms with E-state index in [1.54, 1.807) is 6.07 Å². The highest BCUT2D eigenvalue weighted by Crippen LogP contribution is 2.37. The number of aromatic hydroxyl groups is 1. The van der Waals surface area contributed by atoms with Crippen LogP contribution in [0, 0.1) is 5.92 Å². The number of phenols is 1. The quantitative estimate of drug-likeness (QED) is 0.802. The molecule has 1 saturated carbocycles. The second-order valence-corrected chi connectivity index (χ2v) is 6.42. The molecule has 0 amide bonds. The molecule has 2 aromatic rings. The first kappa shape index (κ1) is 18.6. The predicted octanol–water partition coefficient (Wildman–Crippen LogP) is 4.97. The number of hydrogen-bond donors (Lipinski definition) is 2. The Morgan fingerprint density at radius 2 is 1.75 bits per heavy atom. The third-order valence-electron chi connectivity index (χ3n) is 4.77. The highest BCUT2D eigenvalue weighted by atomic mass is 35.5. The Kier molecular flexibility index (Phi) is 6.95. The molecule has 0 aromatic heterocycles. The minimum absolute atomic E-state index is 0. The molecule has 130 valence electrons. The van der Waals surface area contributed by atoms with Crippen molar-refractivity contribution >= 4 is 12.4 Å². The number of benzene rings is 2. The molecule has 0 spiro atoms. The number of ether oxygens (including phenoxy) is 1. The van der Waals surface area contributed by atoms with E-state index in [-0.39, 0.29) is 24.2 Å². The van der Waals surface area contributed by atoms with Crippen molar-refractivity contribution in [2.24, 2.45) is 11.7 Å². The zero-order chi connectivity index (χ0) is 16.1. The summed E-state index contributed by atoms with van der Waals surface area (Å²) < 4.78 is 5.75. The lowest BCUT2D eigenvalue weighted by Crippen LogP contribution is -2.23. The van der Waals surface area contributed by atoms with Gasteiger partial charge in [-0.2, -0.15) is 0 Å². The van der Waals surface area contributed by atoms with Gasteiger partial charge in [-0.05, 0) is 30.4 Å². The van der Waals surface area contributed by atoms with Crippen molar-refractivity contribution in [1.82, 2.24) is 0 Å². The Hall–Kier alpha value is -1.71. The number of nitrogens with two attached hydrogens (primary N) is 1. The lowest BCUT2D eigenvalue weighted by Gasteiger charge is -2.28. The summed E-state index contributed by atoms with van der Waals surface area (Å²) in [7, 11) is 0. The van der Waals surface area contributed by atoms with E-state index in [0.29, 0.717) is 18.3 Å². The van der Waals surface area contributed by atoms with Gasteiger partial charge in [-0.25, -0.2) is 0 Å². The highest BCUT2D eigenvalue weighted by molar-refractivity contribution is 5.85. The van der Waals surface area contributed by atoms with E-state index in [1.807, 2.05) is 42.5 Å². The van der Waals surface area contributed by atoms with Crippen LogP contribution >= 0.6 is 12.4 Å². The average molecular weight is 348 g/mol. The van der Waals surface area contributed by atoms with Gasteiger partial charge in [0.2, 0.25) is 0 Å². The van der Waals surface area contributed by atoms with E-state index < -0.39 is 0 Å². The molecule has 1 atom stereocenters. The SMILES string of the molecule is Cl.N[C@@H](c1ccc(OCc2ccccc2)cc1O)C1CCCCC1. The van der Waals surface area contributed by atoms with Gasteiger partial charge in [0.1, 0.15) is 18.1 Å². The van der Waals surface area contributed by atoms with Gasteiger partial charge in [-0.15, -0.1) is 12.4 Å². The molecule has 0 heterocycles. The molecule has 3 nitrogen and oxygen atoms in total. The Morgan fingerprint density at radius 3 is 2.42 bits per heavy atom. The molecule has 0 radical (unpaired) electrons. The molecule has 4 heteroatoms. The zero-order valence-corrected chi connectivity index (χ0v) is 14.7. The summed E-state index contributed by atoms with van der Waals surface area (Å²) in [5.41, 5.74) is 8.33. The van der Waals surface area contributed by atoms with Crippen molar-refractivity contribution in [1.29, 1.82) is 0 Å². The lowest BCUT2D eigenvalue weighted by atomic mass is 9.81. The van der Waals surface area contributed by atoms with Crippen LogP contribution in [0.15, 0.2) is 48.5 Å². The Labute approximate surface area is 150 Å². The van der Waals surface area contributed by atoms with Crippen molar-refractivity contribution in [3.05, 3.63) is 59.7 Å². The Morgan fingerprint density at radius 1 is 1.04 bits per heavy atom. The fraction of sp³-hybridized carbons (Fsp3) is 0.400. The summed E-state index contributed by atoms with van der Waals surface area (Å²) in [4.78, 5) is 0. The maximum absolute atomic E-state index is 10.3. The summed E-state index contributed by atoms with van der Waals surface area (Å²) in [6.07, 6.45) is 6.12. The van der Waals surface area contributed by atoms with Crippen molar-refractivity contribution in [2.45, 2.75) is 44.8 Å². The molecule has 3 rings (SSSR count). The fourth-order valence-electron chi connectivity index (χ4n) is 3.38. The summed E-state index contributed by atoms with van der Waals surface area (Å²) in [5.74, 6) is 1.39. The second kappa shape index (κ2) is 8.95. The number of phenolic OH excluding ortho intramolecular Hbond substituents is 1. The summed E-state index contributed by atoms with van der Waals surface area (Å²) in [6.45, 7) is 0.494. The lowest BCUT2D eigenvalue weighted by molar-refractivity contribution is 0.296. The predicted molar refractivity (Wildman–Crippen MR) is 99.6 cm³/mol. The molecule has 3 N–H and O–H groups in total. The van der Waals surface area contributed by atoms with Gasteiger partial charge in [-0.1, -0.05) is 55.7 Å². The van der Waals surface area contributed by atoms with Gasteiger partial charge < -0.3 is 15.6 Å². The minimum atomic E-state index is -0.0847. The van der Waals surface area contributed by atoms with Gasteiger partial charge in [-0.3, -0.25) is 0 Å². The summed E-state index contributed by atoms with van der Waals surface area (Å²) in [5, 5.41) is 10.3. The molecule has 1 aliphatic rings. The number of hydrogen-bond acceptors (Lipinski definition) is 3. The largest absolute Gasteiger partial charge is 0.507 e. The van der Waals surface area contributed by atoms with Gasteiger partial charge in [0, 0.05) is 17.7 Å². The van der Waals surface area contributed by atoms with E-state index in [9.17, 15) is 5.11 Å². The van der Waals surface area contributed by atoms with Crippen LogP contribution in [0.25, 0.3) is 0 Å². The van der Waals surface area contributed by atoms with Gasteiger partial charge >= 0.3 is 0 Å². The van der Waals surface area contributed by atoms with Crippen LogP contribution in [0.2, 0.25) is 0 Å². The molecule has 0 bridgehead atoms. The van der Waals surface area contributed by atoms with Crippen molar-refractivity contribution in [3.63, 3.8) is 0 Å². The summed E-state index contributed by atoms with van der Waals surface area (Å²) >= 11 is 0. The molecule has 0 saturated heterocycles. The van der Waals surface area contributed by atoms with Crippen LogP contribution < -0.4 is 10.5 Å². The zero-order valence-electron chi connectivity index (χ0n) is 13.9. The normalized spacial score (nSPS) is 16.2. The Balaban J connectivity index is 0.00000208. The maximum atomic E-state index is 10.3. The third kappa shape index (κ3) is 4.65. The average Bonchev–Trinajstić information content (AvgIpc) is 2.61. The molecule has 24 heavy (non-hydrogen) atoms. The van der Waals surface area contributed by atoms with Crippen LogP contribution in [0.4, 0.5) is 0 Å². The van der Waals surface area contributed by atoms with Crippen LogP contribution in [-0.4, -0.2) is 5.11 Å². The van der Waals surface area contributed by atoms with Gasteiger partial charge in [0.25, 0.3) is 0 Å².